The third kappa shape index (κ3) is 3.04. The van der Waals surface area contributed by atoms with Crippen molar-refractivity contribution in [2.24, 2.45) is 11.7 Å². The molecule has 0 bridgehead atoms. The molecular formula is C14H22N4O. The van der Waals surface area contributed by atoms with Gasteiger partial charge in [0.15, 0.2) is 0 Å². The Morgan fingerprint density at radius 3 is 2.89 bits per heavy atom. The average molecular weight is 262 g/mol. The predicted octanol–water partition coefficient (Wildman–Crippen LogP) is 0.957. The van der Waals surface area contributed by atoms with Gasteiger partial charge in [0.05, 0.1) is 0 Å². The van der Waals surface area contributed by atoms with Gasteiger partial charge in [-0.1, -0.05) is 6.92 Å². The number of pyridine rings is 1. The van der Waals surface area contributed by atoms with Gasteiger partial charge in [0.2, 0.25) is 0 Å². The van der Waals surface area contributed by atoms with Crippen molar-refractivity contribution >= 4 is 11.6 Å². The topological polar surface area (TPSA) is 62.5 Å². The molecule has 2 heterocycles. The van der Waals surface area contributed by atoms with Crippen molar-refractivity contribution in [3.05, 3.63) is 24.0 Å². The molecular weight excluding hydrogens is 240 g/mol. The van der Waals surface area contributed by atoms with Gasteiger partial charge in [-0.05, 0) is 24.5 Å². The molecule has 1 aliphatic heterocycles. The summed E-state index contributed by atoms with van der Waals surface area (Å²) in [6, 6.07) is 3.98. The normalized spacial score (nSPS) is 23.3. The molecule has 1 aromatic heterocycles. The molecule has 5 nitrogen and oxygen atoms in total. The first-order valence-corrected chi connectivity index (χ1v) is 6.67. The molecule has 1 amide bonds. The lowest BCUT2D eigenvalue weighted by atomic mass is 9.94. The molecule has 0 saturated carbocycles. The van der Waals surface area contributed by atoms with Crippen LogP contribution in [0.4, 0.5) is 5.69 Å². The van der Waals surface area contributed by atoms with Crippen LogP contribution in [0, 0.1) is 5.92 Å². The SMILES string of the molecule is CC1CCN(c2ccnc(C(=O)N(C)C)c2)CC1N. The van der Waals surface area contributed by atoms with Crippen LogP contribution in [0.3, 0.4) is 0 Å². The smallest absolute Gasteiger partial charge is 0.272 e. The molecule has 104 valence electrons. The van der Waals surface area contributed by atoms with E-state index in [1.807, 2.05) is 12.1 Å². The molecule has 1 fully saturated rings. The van der Waals surface area contributed by atoms with Crippen LogP contribution in [-0.4, -0.2) is 49.0 Å². The van der Waals surface area contributed by atoms with Crippen LogP contribution in [0.5, 0.6) is 0 Å². The van der Waals surface area contributed by atoms with Gasteiger partial charge in [0, 0.05) is 45.1 Å². The Bertz CT molecular complexity index is 461. The summed E-state index contributed by atoms with van der Waals surface area (Å²) in [4.78, 5) is 19.8. The van der Waals surface area contributed by atoms with Crippen LogP contribution in [-0.2, 0) is 0 Å². The maximum atomic E-state index is 11.9. The third-order valence-electron chi connectivity index (χ3n) is 3.75. The lowest BCUT2D eigenvalue weighted by Crippen LogP contribution is -2.47. The molecule has 0 aliphatic carbocycles. The molecule has 0 radical (unpaired) electrons. The van der Waals surface area contributed by atoms with Crippen molar-refractivity contribution in [3.63, 3.8) is 0 Å². The Morgan fingerprint density at radius 1 is 1.53 bits per heavy atom. The van der Waals surface area contributed by atoms with E-state index in [0.29, 0.717) is 11.6 Å². The van der Waals surface area contributed by atoms with Gasteiger partial charge in [-0.25, -0.2) is 0 Å². The van der Waals surface area contributed by atoms with Crippen molar-refractivity contribution in [2.75, 3.05) is 32.1 Å². The second-order valence-electron chi connectivity index (χ2n) is 5.47. The van der Waals surface area contributed by atoms with Crippen LogP contribution in [0.2, 0.25) is 0 Å². The summed E-state index contributed by atoms with van der Waals surface area (Å²) in [5.74, 6) is 0.484. The second-order valence-corrected chi connectivity index (χ2v) is 5.47. The summed E-state index contributed by atoms with van der Waals surface area (Å²) in [6.07, 6.45) is 2.77. The van der Waals surface area contributed by atoms with Crippen LogP contribution < -0.4 is 10.6 Å². The molecule has 1 aromatic rings. The molecule has 0 spiro atoms. The summed E-state index contributed by atoms with van der Waals surface area (Å²) in [7, 11) is 3.46. The second kappa shape index (κ2) is 5.57. The number of carbonyl (C=O) groups excluding carboxylic acids is 1. The van der Waals surface area contributed by atoms with Crippen LogP contribution >= 0.6 is 0 Å². The number of nitrogens with zero attached hydrogens (tertiary/aromatic N) is 3. The largest absolute Gasteiger partial charge is 0.370 e. The van der Waals surface area contributed by atoms with Gasteiger partial charge in [-0.2, -0.15) is 0 Å². The molecule has 2 unspecified atom stereocenters. The first-order valence-electron chi connectivity index (χ1n) is 6.67. The lowest BCUT2D eigenvalue weighted by molar-refractivity contribution is 0.0822. The summed E-state index contributed by atoms with van der Waals surface area (Å²) in [5.41, 5.74) is 7.63. The lowest BCUT2D eigenvalue weighted by Gasteiger charge is -2.36. The summed E-state index contributed by atoms with van der Waals surface area (Å²) >= 11 is 0. The van der Waals surface area contributed by atoms with Crippen molar-refractivity contribution in [3.8, 4) is 0 Å². The third-order valence-corrected chi connectivity index (χ3v) is 3.75. The zero-order chi connectivity index (χ0) is 14.0. The average Bonchev–Trinajstić information content (AvgIpc) is 2.41. The van der Waals surface area contributed by atoms with Crippen molar-refractivity contribution in [2.45, 2.75) is 19.4 Å². The molecule has 2 N–H and O–H groups in total. The highest BCUT2D eigenvalue weighted by molar-refractivity contribution is 5.92. The van der Waals surface area contributed by atoms with E-state index in [4.69, 9.17) is 5.73 Å². The Labute approximate surface area is 114 Å². The van der Waals surface area contributed by atoms with E-state index in [1.165, 1.54) is 4.90 Å². The Balaban J connectivity index is 2.17. The summed E-state index contributed by atoms with van der Waals surface area (Å²) < 4.78 is 0. The van der Waals surface area contributed by atoms with E-state index < -0.39 is 0 Å². The first-order chi connectivity index (χ1) is 8.99. The fourth-order valence-corrected chi connectivity index (χ4v) is 2.30. The molecule has 19 heavy (non-hydrogen) atoms. The summed E-state index contributed by atoms with van der Waals surface area (Å²) in [6.45, 7) is 4.00. The number of rotatable bonds is 2. The van der Waals surface area contributed by atoms with E-state index in [-0.39, 0.29) is 11.9 Å². The van der Waals surface area contributed by atoms with E-state index in [2.05, 4.69) is 16.8 Å². The molecule has 1 aliphatic rings. The molecule has 5 heteroatoms. The number of hydrogen-bond acceptors (Lipinski definition) is 4. The van der Waals surface area contributed by atoms with E-state index in [0.717, 1.165) is 25.2 Å². The number of carbonyl (C=O) groups is 1. The van der Waals surface area contributed by atoms with Gasteiger partial charge in [-0.15, -0.1) is 0 Å². The highest BCUT2D eigenvalue weighted by atomic mass is 16.2. The van der Waals surface area contributed by atoms with Crippen LogP contribution in [0.15, 0.2) is 18.3 Å². The van der Waals surface area contributed by atoms with Crippen LogP contribution in [0.1, 0.15) is 23.8 Å². The van der Waals surface area contributed by atoms with Crippen molar-refractivity contribution in [1.29, 1.82) is 0 Å². The van der Waals surface area contributed by atoms with Gasteiger partial charge in [-0.3, -0.25) is 9.78 Å². The predicted molar refractivity (Wildman–Crippen MR) is 76.2 cm³/mol. The van der Waals surface area contributed by atoms with Crippen LogP contribution in [0.25, 0.3) is 0 Å². The maximum absolute atomic E-state index is 11.9. The Hall–Kier alpha value is -1.62. The minimum absolute atomic E-state index is 0.0727. The van der Waals surface area contributed by atoms with Gasteiger partial charge in [0.1, 0.15) is 5.69 Å². The first kappa shape index (κ1) is 13.8. The molecule has 2 atom stereocenters. The highest BCUT2D eigenvalue weighted by Gasteiger charge is 2.23. The fraction of sp³-hybridized carbons (Fsp3) is 0.571. The Kier molecular flexibility index (Phi) is 4.04. The number of hydrogen-bond donors (Lipinski definition) is 1. The minimum atomic E-state index is -0.0727. The maximum Gasteiger partial charge on any atom is 0.272 e. The molecule has 1 saturated heterocycles. The molecule has 2 rings (SSSR count). The zero-order valence-corrected chi connectivity index (χ0v) is 11.8. The van der Waals surface area contributed by atoms with E-state index in [9.17, 15) is 4.79 Å². The minimum Gasteiger partial charge on any atom is -0.370 e. The number of amides is 1. The highest BCUT2D eigenvalue weighted by Crippen LogP contribution is 2.22. The van der Waals surface area contributed by atoms with Gasteiger partial charge < -0.3 is 15.5 Å². The van der Waals surface area contributed by atoms with E-state index in [1.54, 1.807) is 20.3 Å². The number of piperidine rings is 1. The Morgan fingerprint density at radius 2 is 2.26 bits per heavy atom. The zero-order valence-electron chi connectivity index (χ0n) is 11.8. The van der Waals surface area contributed by atoms with E-state index >= 15 is 0 Å². The number of nitrogens with two attached hydrogens (primary N) is 1. The quantitative estimate of drug-likeness (QED) is 0.862. The summed E-state index contributed by atoms with van der Waals surface area (Å²) in [5, 5.41) is 0. The van der Waals surface area contributed by atoms with Crippen molar-refractivity contribution in [1.82, 2.24) is 9.88 Å². The van der Waals surface area contributed by atoms with Crippen molar-refractivity contribution < 1.29 is 4.79 Å². The molecule has 0 aromatic carbocycles. The monoisotopic (exact) mass is 262 g/mol. The van der Waals surface area contributed by atoms with Gasteiger partial charge in [0.25, 0.3) is 5.91 Å². The standard InChI is InChI=1S/C14H22N4O/c1-10-5-7-18(9-12(10)15)11-4-6-16-13(8-11)14(19)17(2)3/h4,6,8,10,12H,5,7,9,15H2,1-3H3. The fourth-order valence-electron chi connectivity index (χ4n) is 2.30. The number of aromatic nitrogens is 1. The van der Waals surface area contributed by atoms with Gasteiger partial charge >= 0.3 is 0 Å². The number of anilines is 1.